The van der Waals surface area contributed by atoms with Gasteiger partial charge in [0.15, 0.2) is 11.2 Å². The van der Waals surface area contributed by atoms with Crippen LogP contribution in [-0.4, -0.2) is 34.1 Å². The molecule has 1 saturated heterocycles. The van der Waals surface area contributed by atoms with Crippen LogP contribution in [0.15, 0.2) is 60.8 Å². The molecule has 0 spiro atoms. The second-order valence-corrected chi connectivity index (χ2v) is 7.80. The van der Waals surface area contributed by atoms with Crippen LogP contribution in [-0.2, 0) is 0 Å². The third-order valence-electron chi connectivity index (χ3n) is 5.11. The van der Waals surface area contributed by atoms with Crippen molar-refractivity contribution in [2.75, 3.05) is 13.1 Å². The van der Waals surface area contributed by atoms with Crippen molar-refractivity contribution in [3.8, 4) is 11.5 Å². The third kappa shape index (κ3) is 3.36. The minimum absolute atomic E-state index is 0.0419. The van der Waals surface area contributed by atoms with Gasteiger partial charge in [-0.2, -0.15) is 11.3 Å². The summed E-state index contributed by atoms with van der Waals surface area (Å²) >= 11 is 1.57. The first-order valence-electron chi connectivity index (χ1n) is 9.37. The lowest BCUT2D eigenvalue weighted by atomic mass is 9.98. The number of benzene rings is 1. The summed E-state index contributed by atoms with van der Waals surface area (Å²) in [5.41, 5.74) is 1.09. The van der Waals surface area contributed by atoms with Crippen molar-refractivity contribution >= 4 is 28.2 Å². The maximum atomic E-state index is 13.0. The molecule has 8 heteroatoms. The van der Waals surface area contributed by atoms with Gasteiger partial charge < -0.3 is 13.7 Å². The van der Waals surface area contributed by atoms with E-state index < -0.39 is 0 Å². The number of rotatable bonds is 3. The lowest BCUT2D eigenvalue weighted by Gasteiger charge is -2.30. The van der Waals surface area contributed by atoms with E-state index in [4.69, 9.17) is 8.83 Å². The summed E-state index contributed by atoms with van der Waals surface area (Å²) in [6.45, 7) is 1.04. The predicted molar refractivity (Wildman–Crippen MR) is 108 cm³/mol. The molecule has 1 fully saturated rings. The van der Waals surface area contributed by atoms with E-state index in [9.17, 15) is 9.59 Å². The number of nitrogens with zero attached hydrogens (tertiary/aromatic N) is 3. The van der Waals surface area contributed by atoms with Crippen LogP contribution in [0.25, 0.3) is 22.4 Å². The highest BCUT2D eigenvalue weighted by atomic mass is 32.1. The highest BCUT2D eigenvalue weighted by molar-refractivity contribution is 7.08. The van der Waals surface area contributed by atoms with Crippen LogP contribution in [0.2, 0.25) is 0 Å². The average Bonchev–Trinajstić information content (AvgIpc) is 3.45. The zero-order valence-electron chi connectivity index (χ0n) is 15.4. The molecule has 0 aliphatic carbocycles. The Hall–Kier alpha value is -3.26. The molecule has 0 N–H and O–H groups in total. The zero-order valence-corrected chi connectivity index (χ0v) is 16.2. The van der Waals surface area contributed by atoms with E-state index in [1.54, 1.807) is 40.5 Å². The van der Waals surface area contributed by atoms with Crippen molar-refractivity contribution in [3.63, 3.8) is 0 Å². The fraction of sp³-hybridized carbons (Fsp3) is 0.238. The van der Waals surface area contributed by atoms with Crippen LogP contribution in [0.5, 0.6) is 0 Å². The van der Waals surface area contributed by atoms with Gasteiger partial charge in [0.25, 0.3) is 5.91 Å². The molecule has 1 atom stereocenters. The lowest BCUT2D eigenvalue weighted by molar-refractivity contribution is 0.0667. The Morgan fingerprint density at radius 3 is 2.93 bits per heavy atom. The summed E-state index contributed by atoms with van der Waals surface area (Å²) in [6, 6.07) is 10.1. The van der Waals surface area contributed by atoms with Gasteiger partial charge in [0, 0.05) is 30.1 Å². The number of likely N-dealkylation sites (tertiary alicyclic amines) is 1. The van der Waals surface area contributed by atoms with Gasteiger partial charge in [-0.15, -0.1) is 10.2 Å². The highest BCUT2D eigenvalue weighted by Gasteiger charge is 2.30. The van der Waals surface area contributed by atoms with Gasteiger partial charge in [0.05, 0.1) is 11.3 Å². The van der Waals surface area contributed by atoms with Crippen LogP contribution < -0.4 is 5.43 Å². The Kier molecular flexibility index (Phi) is 4.48. The molecular formula is C21H17N3O4S. The van der Waals surface area contributed by atoms with E-state index in [0.29, 0.717) is 35.8 Å². The minimum Gasteiger partial charge on any atom is -0.451 e. The molecule has 4 aromatic rings. The number of fused-ring (bicyclic) bond motifs is 1. The van der Waals surface area contributed by atoms with E-state index in [2.05, 4.69) is 10.2 Å². The minimum atomic E-state index is -0.296. The smallest absolute Gasteiger partial charge is 0.289 e. The van der Waals surface area contributed by atoms with E-state index in [0.717, 1.165) is 18.4 Å². The van der Waals surface area contributed by atoms with E-state index >= 15 is 0 Å². The van der Waals surface area contributed by atoms with E-state index in [1.807, 2.05) is 16.8 Å². The van der Waals surface area contributed by atoms with Gasteiger partial charge in [0.2, 0.25) is 11.8 Å². The normalized spacial score (nSPS) is 17.0. The number of para-hydroxylation sites is 1. The molecule has 3 aromatic heterocycles. The Morgan fingerprint density at radius 1 is 1.17 bits per heavy atom. The number of carbonyl (C=O) groups excluding carboxylic acids is 1. The topological polar surface area (TPSA) is 89.4 Å². The molecule has 0 saturated carbocycles. The van der Waals surface area contributed by atoms with Crippen molar-refractivity contribution in [3.05, 3.63) is 69.0 Å². The quantitative estimate of drug-likeness (QED) is 0.511. The number of hydrogen-bond donors (Lipinski definition) is 0. The molecule has 7 nitrogen and oxygen atoms in total. The largest absolute Gasteiger partial charge is 0.451 e. The highest BCUT2D eigenvalue weighted by Crippen LogP contribution is 2.29. The van der Waals surface area contributed by atoms with Gasteiger partial charge >= 0.3 is 0 Å². The first-order chi connectivity index (χ1) is 14.2. The number of piperidine rings is 1. The second kappa shape index (κ2) is 7.29. The Balaban J connectivity index is 1.38. The molecule has 1 amide bonds. The summed E-state index contributed by atoms with van der Waals surface area (Å²) in [5, 5.41) is 12.7. The van der Waals surface area contributed by atoms with E-state index in [-0.39, 0.29) is 23.0 Å². The van der Waals surface area contributed by atoms with Gasteiger partial charge in [0.1, 0.15) is 5.58 Å². The monoisotopic (exact) mass is 407 g/mol. The van der Waals surface area contributed by atoms with Crippen molar-refractivity contribution < 1.29 is 13.6 Å². The molecule has 0 bridgehead atoms. The lowest BCUT2D eigenvalue weighted by Crippen LogP contribution is -2.39. The molecule has 1 aliphatic heterocycles. The Labute approximate surface area is 169 Å². The summed E-state index contributed by atoms with van der Waals surface area (Å²) in [5.74, 6) is 0.739. The number of carbonyl (C=O) groups is 1. The molecule has 0 unspecified atom stereocenters. The first kappa shape index (κ1) is 17.8. The van der Waals surface area contributed by atoms with Gasteiger partial charge in [-0.1, -0.05) is 12.1 Å². The Bertz CT molecular complexity index is 1230. The molecule has 29 heavy (non-hydrogen) atoms. The standard InChI is InChI=1S/C21H17N3O4S/c25-16-10-18(27-17-6-2-1-5-15(16)17)21(26)24-8-3-4-13(11-24)19-22-23-20(28-19)14-7-9-29-12-14/h1-2,5-7,9-10,12-13H,3-4,8,11H2/t13-/m0/s1. The number of aromatic nitrogens is 2. The summed E-state index contributed by atoms with van der Waals surface area (Å²) in [4.78, 5) is 27.0. The number of thiophene rings is 1. The van der Waals surface area contributed by atoms with Gasteiger partial charge in [-0.05, 0) is 36.4 Å². The maximum Gasteiger partial charge on any atom is 0.289 e. The molecule has 146 valence electrons. The summed E-state index contributed by atoms with van der Waals surface area (Å²) in [7, 11) is 0. The van der Waals surface area contributed by atoms with E-state index in [1.165, 1.54) is 6.07 Å². The molecular weight excluding hydrogens is 390 g/mol. The van der Waals surface area contributed by atoms with Crippen LogP contribution in [0, 0.1) is 0 Å². The van der Waals surface area contributed by atoms with Gasteiger partial charge in [-0.25, -0.2) is 0 Å². The SMILES string of the molecule is O=C(c1cc(=O)c2ccccc2o1)N1CCC[C@H](c2nnc(-c3ccsc3)o2)C1. The van der Waals surface area contributed by atoms with Crippen LogP contribution in [0.4, 0.5) is 0 Å². The fourth-order valence-corrected chi connectivity index (χ4v) is 4.26. The fourth-order valence-electron chi connectivity index (χ4n) is 3.63. The predicted octanol–water partition coefficient (Wildman–Crippen LogP) is 3.92. The second-order valence-electron chi connectivity index (χ2n) is 7.02. The van der Waals surface area contributed by atoms with Crippen LogP contribution >= 0.6 is 11.3 Å². The third-order valence-corrected chi connectivity index (χ3v) is 5.80. The average molecular weight is 407 g/mol. The van der Waals surface area contributed by atoms with Crippen molar-refractivity contribution in [2.24, 2.45) is 0 Å². The molecule has 1 aliphatic rings. The van der Waals surface area contributed by atoms with Crippen LogP contribution in [0.1, 0.15) is 35.2 Å². The van der Waals surface area contributed by atoms with Gasteiger partial charge in [-0.3, -0.25) is 9.59 Å². The molecule has 1 aromatic carbocycles. The van der Waals surface area contributed by atoms with Crippen molar-refractivity contribution in [1.29, 1.82) is 0 Å². The van der Waals surface area contributed by atoms with Crippen molar-refractivity contribution in [1.82, 2.24) is 15.1 Å². The molecule has 4 heterocycles. The number of hydrogen-bond acceptors (Lipinski definition) is 7. The Morgan fingerprint density at radius 2 is 2.07 bits per heavy atom. The zero-order chi connectivity index (χ0) is 19.8. The number of amides is 1. The molecule has 5 rings (SSSR count). The maximum absolute atomic E-state index is 13.0. The van der Waals surface area contributed by atoms with Crippen LogP contribution in [0.3, 0.4) is 0 Å². The summed E-state index contributed by atoms with van der Waals surface area (Å²) in [6.07, 6.45) is 1.67. The molecule has 0 radical (unpaired) electrons. The first-order valence-corrected chi connectivity index (χ1v) is 10.3. The summed E-state index contributed by atoms with van der Waals surface area (Å²) < 4.78 is 11.6. The van der Waals surface area contributed by atoms with Crippen molar-refractivity contribution in [2.45, 2.75) is 18.8 Å².